The third-order valence-corrected chi connectivity index (χ3v) is 2.54. The number of aliphatic carboxylic acids is 1. The number of hydrogen-bond acceptors (Lipinski definition) is 3. The van der Waals surface area contributed by atoms with Gasteiger partial charge in [-0.05, 0) is 18.2 Å². The highest BCUT2D eigenvalue weighted by Crippen LogP contribution is 2.19. The number of aliphatic hydroxyl groups excluding tert-OH is 1. The molecule has 1 aromatic rings. The summed E-state index contributed by atoms with van der Waals surface area (Å²) >= 11 is 8.93. The lowest BCUT2D eigenvalue weighted by molar-refractivity contribution is -0.146. The number of halogens is 2. The molecule has 5 nitrogen and oxygen atoms in total. The minimum atomic E-state index is -1.62. The second-order valence-electron chi connectivity index (χ2n) is 3.22. The van der Waals surface area contributed by atoms with Gasteiger partial charge < -0.3 is 15.5 Å². The third kappa shape index (κ3) is 4.33. The monoisotopic (exact) mass is 321 g/mol. The average molecular weight is 323 g/mol. The molecular formula is C10H9BrClNO4. The first-order valence-electron chi connectivity index (χ1n) is 4.55. The van der Waals surface area contributed by atoms with Gasteiger partial charge in [-0.25, -0.2) is 4.79 Å². The second kappa shape index (κ2) is 6.00. The standard InChI is InChI=1S/C10H9BrClNO4/c11-6-1-5(2-7(12)3-6)9(15)13-4-8(14)10(16)17/h1-3,8,14H,4H2,(H,13,15)(H,16,17). The number of carboxylic acids is 1. The van der Waals surface area contributed by atoms with E-state index in [2.05, 4.69) is 21.2 Å². The van der Waals surface area contributed by atoms with Gasteiger partial charge in [0.15, 0.2) is 6.10 Å². The van der Waals surface area contributed by atoms with Crippen molar-refractivity contribution in [1.82, 2.24) is 5.32 Å². The van der Waals surface area contributed by atoms with Crippen molar-refractivity contribution in [3.8, 4) is 0 Å². The Hall–Kier alpha value is -1.11. The molecule has 0 aliphatic carbocycles. The molecule has 0 spiro atoms. The maximum absolute atomic E-state index is 11.6. The van der Waals surface area contributed by atoms with Crippen LogP contribution in [-0.4, -0.2) is 34.7 Å². The van der Waals surface area contributed by atoms with Gasteiger partial charge in [-0.2, -0.15) is 0 Å². The second-order valence-corrected chi connectivity index (χ2v) is 4.57. The minimum absolute atomic E-state index is 0.280. The minimum Gasteiger partial charge on any atom is -0.479 e. The molecular weight excluding hydrogens is 313 g/mol. The number of carbonyl (C=O) groups is 2. The fraction of sp³-hybridized carbons (Fsp3) is 0.200. The van der Waals surface area contributed by atoms with E-state index < -0.39 is 18.0 Å². The lowest BCUT2D eigenvalue weighted by atomic mass is 10.2. The Balaban J connectivity index is 2.67. The van der Waals surface area contributed by atoms with Crippen LogP contribution in [0.25, 0.3) is 0 Å². The van der Waals surface area contributed by atoms with Gasteiger partial charge in [-0.1, -0.05) is 27.5 Å². The van der Waals surface area contributed by atoms with E-state index in [9.17, 15) is 9.59 Å². The number of carboxylic acid groups (broad SMARTS) is 1. The molecule has 0 bridgehead atoms. The van der Waals surface area contributed by atoms with Gasteiger partial charge in [-0.3, -0.25) is 4.79 Å². The first-order chi connectivity index (χ1) is 7.90. The van der Waals surface area contributed by atoms with Crippen molar-refractivity contribution in [3.05, 3.63) is 33.3 Å². The summed E-state index contributed by atoms with van der Waals surface area (Å²) in [6, 6.07) is 4.59. The van der Waals surface area contributed by atoms with Crippen LogP contribution in [-0.2, 0) is 4.79 Å². The summed E-state index contributed by atoms with van der Waals surface area (Å²) in [5, 5.41) is 20.1. The summed E-state index contributed by atoms with van der Waals surface area (Å²) in [5.74, 6) is -1.90. The van der Waals surface area contributed by atoms with Crippen molar-refractivity contribution in [3.63, 3.8) is 0 Å². The quantitative estimate of drug-likeness (QED) is 0.779. The molecule has 1 aromatic carbocycles. The van der Waals surface area contributed by atoms with E-state index in [0.717, 1.165) is 0 Å². The first-order valence-corrected chi connectivity index (χ1v) is 5.72. The summed E-state index contributed by atoms with van der Waals surface area (Å²) in [7, 11) is 0. The first kappa shape index (κ1) is 14.0. The van der Waals surface area contributed by atoms with Crippen molar-refractivity contribution >= 4 is 39.4 Å². The van der Waals surface area contributed by atoms with E-state index in [0.29, 0.717) is 9.50 Å². The zero-order valence-electron chi connectivity index (χ0n) is 8.48. The molecule has 0 radical (unpaired) electrons. The van der Waals surface area contributed by atoms with Crippen LogP contribution in [0.1, 0.15) is 10.4 Å². The van der Waals surface area contributed by atoms with Crippen LogP contribution in [0.15, 0.2) is 22.7 Å². The van der Waals surface area contributed by atoms with Gasteiger partial charge in [-0.15, -0.1) is 0 Å². The Morgan fingerprint density at radius 1 is 1.41 bits per heavy atom. The van der Waals surface area contributed by atoms with Crippen LogP contribution in [0.5, 0.6) is 0 Å². The van der Waals surface area contributed by atoms with Crippen LogP contribution in [0.3, 0.4) is 0 Å². The van der Waals surface area contributed by atoms with Crippen molar-refractivity contribution in [2.45, 2.75) is 6.10 Å². The molecule has 1 atom stereocenters. The highest BCUT2D eigenvalue weighted by Gasteiger charge is 2.15. The van der Waals surface area contributed by atoms with Gasteiger partial charge in [0.25, 0.3) is 5.91 Å². The largest absolute Gasteiger partial charge is 0.479 e. The summed E-state index contributed by atoms with van der Waals surface area (Å²) in [4.78, 5) is 21.9. The van der Waals surface area contributed by atoms with Crippen LogP contribution in [0, 0.1) is 0 Å². The van der Waals surface area contributed by atoms with E-state index in [1.54, 1.807) is 6.07 Å². The smallest absolute Gasteiger partial charge is 0.334 e. The molecule has 0 aliphatic rings. The molecule has 0 aromatic heterocycles. The normalized spacial score (nSPS) is 11.9. The number of aliphatic hydroxyl groups is 1. The number of hydrogen-bond donors (Lipinski definition) is 3. The Kier molecular flexibility index (Phi) is 4.92. The van der Waals surface area contributed by atoms with Gasteiger partial charge in [0, 0.05) is 15.1 Å². The molecule has 92 valence electrons. The van der Waals surface area contributed by atoms with Crippen molar-refractivity contribution in [2.24, 2.45) is 0 Å². The van der Waals surface area contributed by atoms with Gasteiger partial charge in [0.1, 0.15) is 0 Å². The van der Waals surface area contributed by atoms with E-state index in [4.69, 9.17) is 21.8 Å². The summed E-state index contributed by atoms with van der Waals surface area (Å²) in [6.07, 6.45) is -1.62. The molecule has 0 fully saturated rings. The molecule has 17 heavy (non-hydrogen) atoms. The fourth-order valence-corrected chi connectivity index (χ4v) is 1.92. The molecule has 0 aliphatic heterocycles. The number of amides is 1. The lowest BCUT2D eigenvalue weighted by Crippen LogP contribution is -2.36. The SMILES string of the molecule is O=C(NCC(O)C(=O)O)c1cc(Cl)cc(Br)c1. The van der Waals surface area contributed by atoms with Crippen LogP contribution in [0.4, 0.5) is 0 Å². The van der Waals surface area contributed by atoms with Gasteiger partial charge in [0.05, 0.1) is 6.54 Å². The van der Waals surface area contributed by atoms with Gasteiger partial charge in [0.2, 0.25) is 0 Å². The van der Waals surface area contributed by atoms with Crippen molar-refractivity contribution in [2.75, 3.05) is 6.54 Å². The number of benzene rings is 1. The molecule has 1 unspecified atom stereocenters. The Labute approximate surface area is 111 Å². The number of rotatable bonds is 4. The van der Waals surface area contributed by atoms with E-state index in [-0.39, 0.29) is 12.1 Å². The molecule has 7 heteroatoms. The van der Waals surface area contributed by atoms with Gasteiger partial charge >= 0.3 is 5.97 Å². The van der Waals surface area contributed by atoms with E-state index >= 15 is 0 Å². The van der Waals surface area contributed by atoms with E-state index in [1.165, 1.54) is 12.1 Å². The van der Waals surface area contributed by atoms with Crippen LogP contribution >= 0.6 is 27.5 Å². The molecule has 0 saturated heterocycles. The zero-order chi connectivity index (χ0) is 13.0. The van der Waals surface area contributed by atoms with Crippen LogP contribution in [0.2, 0.25) is 5.02 Å². The number of carbonyl (C=O) groups excluding carboxylic acids is 1. The molecule has 0 heterocycles. The molecule has 0 saturated carbocycles. The maximum atomic E-state index is 11.6. The van der Waals surface area contributed by atoms with E-state index in [1.807, 2.05) is 0 Å². The summed E-state index contributed by atoms with van der Waals surface area (Å²) in [5.41, 5.74) is 0.280. The summed E-state index contributed by atoms with van der Waals surface area (Å²) in [6.45, 7) is -0.363. The lowest BCUT2D eigenvalue weighted by Gasteiger charge is -2.08. The van der Waals surface area contributed by atoms with Crippen LogP contribution < -0.4 is 5.32 Å². The Bertz CT molecular complexity index is 432. The Morgan fingerprint density at radius 2 is 2.06 bits per heavy atom. The molecule has 1 amide bonds. The maximum Gasteiger partial charge on any atom is 0.334 e. The predicted octanol–water partition coefficient (Wildman–Crippen LogP) is 1.28. The molecule has 1 rings (SSSR count). The Morgan fingerprint density at radius 3 is 2.59 bits per heavy atom. The fourth-order valence-electron chi connectivity index (χ4n) is 1.06. The third-order valence-electron chi connectivity index (χ3n) is 1.87. The number of nitrogens with one attached hydrogen (secondary N) is 1. The predicted molar refractivity (Wildman–Crippen MR) is 65.1 cm³/mol. The van der Waals surface area contributed by atoms with Crippen molar-refractivity contribution < 1.29 is 19.8 Å². The average Bonchev–Trinajstić information content (AvgIpc) is 2.23. The topological polar surface area (TPSA) is 86.6 Å². The van der Waals surface area contributed by atoms with Crippen molar-refractivity contribution in [1.29, 1.82) is 0 Å². The zero-order valence-corrected chi connectivity index (χ0v) is 10.8. The highest BCUT2D eigenvalue weighted by atomic mass is 79.9. The molecule has 3 N–H and O–H groups in total. The highest BCUT2D eigenvalue weighted by molar-refractivity contribution is 9.10. The summed E-state index contributed by atoms with van der Waals surface area (Å²) < 4.78 is 0.633.